The minimum Gasteiger partial charge on any atom is -0.508 e. The average Bonchev–Trinajstić information content (AvgIpc) is 3.71. The highest BCUT2D eigenvalue weighted by Gasteiger charge is 2.33. The molecule has 2 aromatic heterocycles. The predicted octanol–water partition coefficient (Wildman–Crippen LogP) is 12.2. The highest BCUT2D eigenvalue weighted by Crippen LogP contribution is 2.53. The number of carbonyl (C=O) groups is 1. The number of hydrogen-bond acceptors (Lipinski definition) is 13. The lowest BCUT2D eigenvalue weighted by Crippen LogP contribution is -2.37. The SMILES string of the molecule is C=CCOC[C@H](COS(=O)(=O)Cc1ccccc1)Oc1c(Cl)c(C)c(-c2c(-c3ccc(F)cc3)sc3ncnc(O[C@H](Cc4cc(O)ccc4OCc4ccccc4)C(=O)OC(C)(C)C)c23)c(C)c1Cl. The monoisotopic (exact) mass is 1030 g/mol. The number of nitrogens with zero attached hydrogens (tertiary/aromatic N) is 2. The summed E-state index contributed by atoms with van der Waals surface area (Å²) < 4.78 is 77.1. The summed E-state index contributed by atoms with van der Waals surface area (Å²) in [6.45, 7) is 12.3. The molecule has 0 aliphatic carbocycles. The number of aromatic hydroxyl groups is 1. The van der Waals surface area contributed by atoms with Gasteiger partial charge < -0.3 is 28.8 Å². The summed E-state index contributed by atoms with van der Waals surface area (Å²) in [5, 5.41) is 11.2. The van der Waals surface area contributed by atoms with Crippen LogP contribution in [0.15, 0.2) is 122 Å². The van der Waals surface area contributed by atoms with Crippen molar-refractivity contribution in [3.05, 3.63) is 166 Å². The first kappa shape index (κ1) is 51.8. The van der Waals surface area contributed by atoms with Crippen LogP contribution < -0.4 is 14.2 Å². The molecule has 0 aliphatic rings. The first-order chi connectivity index (χ1) is 33.4. The fraction of sp³-hybridized carbons (Fsp3) is 0.264. The van der Waals surface area contributed by atoms with Crippen molar-refractivity contribution in [2.45, 2.75) is 71.2 Å². The molecule has 7 aromatic rings. The molecule has 0 fully saturated rings. The van der Waals surface area contributed by atoms with Gasteiger partial charge in [0.05, 0.1) is 28.6 Å². The third-order valence-corrected chi connectivity index (χ3v) is 13.9. The number of phenols is 1. The Bertz CT molecular complexity index is 3050. The highest BCUT2D eigenvalue weighted by molar-refractivity contribution is 7.85. The van der Waals surface area contributed by atoms with Gasteiger partial charge in [0, 0.05) is 22.4 Å². The number of halogens is 3. The van der Waals surface area contributed by atoms with E-state index in [0.29, 0.717) is 59.8 Å². The van der Waals surface area contributed by atoms with Crippen molar-refractivity contribution >= 4 is 60.8 Å². The lowest BCUT2D eigenvalue weighted by Gasteiger charge is -2.25. The van der Waals surface area contributed by atoms with Gasteiger partial charge in [-0.25, -0.2) is 19.2 Å². The van der Waals surface area contributed by atoms with Gasteiger partial charge in [0.15, 0.2) is 5.75 Å². The summed E-state index contributed by atoms with van der Waals surface area (Å²) in [4.78, 5) is 24.6. The van der Waals surface area contributed by atoms with Crippen molar-refractivity contribution < 1.29 is 50.6 Å². The molecule has 0 unspecified atom stereocenters. The molecule has 0 saturated heterocycles. The second-order valence-corrected chi connectivity index (χ2v) is 20.6. The molecular weight excluding hydrogens is 979 g/mol. The summed E-state index contributed by atoms with van der Waals surface area (Å²) in [5.41, 5.74) is 3.65. The molecule has 70 heavy (non-hydrogen) atoms. The molecule has 1 N–H and O–H groups in total. The number of phenolic OH excluding ortho intramolecular Hbond substituents is 1. The number of hydrogen-bond donors (Lipinski definition) is 1. The minimum atomic E-state index is -4.06. The van der Waals surface area contributed by atoms with Crippen molar-refractivity contribution in [2.24, 2.45) is 0 Å². The smallest absolute Gasteiger partial charge is 0.348 e. The molecular formula is C53H51Cl2FN2O10S2. The first-order valence-electron chi connectivity index (χ1n) is 22.1. The van der Waals surface area contributed by atoms with E-state index in [1.165, 1.54) is 41.9 Å². The van der Waals surface area contributed by atoms with Crippen LogP contribution in [0.5, 0.6) is 23.1 Å². The molecule has 2 heterocycles. The lowest BCUT2D eigenvalue weighted by molar-refractivity contribution is -0.163. The largest absolute Gasteiger partial charge is 0.508 e. The Balaban J connectivity index is 1.32. The highest BCUT2D eigenvalue weighted by atomic mass is 35.5. The summed E-state index contributed by atoms with van der Waals surface area (Å²) in [5.74, 6) is -1.10. The van der Waals surface area contributed by atoms with Crippen LogP contribution in [0.4, 0.5) is 4.39 Å². The van der Waals surface area contributed by atoms with Crippen molar-refractivity contribution in [3.8, 4) is 44.7 Å². The van der Waals surface area contributed by atoms with E-state index in [1.807, 2.05) is 30.3 Å². The van der Waals surface area contributed by atoms with Crippen LogP contribution in [0.3, 0.4) is 0 Å². The number of ether oxygens (including phenoxy) is 5. The van der Waals surface area contributed by atoms with E-state index in [4.69, 9.17) is 51.1 Å². The van der Waals surface area contributed by atoms with Crippen LogP contribution in [-0.2, 0) is 47.4 Å². The van der Waals surface area contributed by atoms with Gasteiger partial charge in [0.2, 0.25) is 12.0 Å². The molecule has 0 bridgehead atoms. The topological polar surface area (TPSA) is 153 Å². The van der Waals surface area contributed by atoms with Crippen molar-refractivity contribution in [3.63, 3.8) is 0 Å². The van der Waals surface area contributed by atoms with E-state index in [0.717, 1.165) is 5.56 Å². The number of rotatable bonds is 21. The van der Waals surface area contributed by atoms with E-state index in [-0.39, 0.29) is 59.4 Å². The number of fused-ring (bicyclic) bond motifs is 1. The van der Waals surface area contributed by atoms with Gasteiger partial charge in [-0.3, -0.25) is 4.18 Å². The summed E-state index contributed by atoms with van der Waals surface area (Å²) in [6, 6.07) is 28.7. The fourth-order valence-electron chi connectivity index (χ4n) is 7.50. The Labute approximate surface area is 420 Å². The molecule has 7 rings (SSSR count). The van der Waals surface area contributed by atoms with Crippen molar-refractivity contribution in [1.82, 2.24) is 9.97 Å². The second-order valence-electron chi connectivity index (χ2n) is 17.2. The van der Waals surface area contributed by atoms with Crippen LogP contribution in [0.2, 0.25) is 10.0 Å². The summed E-state index contributed by atoms with van der Waals surface area (Å²) >= 11 is 15.8. The fourth-order valence-corrected chi connectivity index (χ4v) is 10.2. The summed E-state index contributed by atoms with van der Waals surface area (Å²) in [7, 11) is -4.06. The number of esters is 1. The van der Waals surface area contributed by atoms with Crippen LogP contribution >= 0.6 is 34.5 Å². The van der Waals surface area contributed by atoms with Crippen molar-refractivity contribution in [2.75, 3.05) is 19.8 Å². The van der Waals surface area contributed by atoms with Crippen LogP contribution in [-0.4, -0.2) is 67.1 Å². The van der Waals surface area contributed by atoms with Gasteiger partial charge in [-0.2, -0.15) is 8.42 Å². The second kappa shape index (κ2) is 22.8. The molecule has 17 heteroatoms. The Hall–Kier alpha value is -6.07. The molecule has 5 aromatic carbocycles. The number of carbonyl (C=O) groups excluding carboxylic acids is 1. The third-order valence-electron chi connectivity index (χ3n) is 10.7. The molecule has 0 amide bonds. The van der Waals surface area contributed by atoms with Crippen LogP contribution in [0.1, 0.15) is 48.6 Å². The van der Waals surface area contributed by atoms with Gasteiger partial charge >= 0.3 is 5.97 Å². The Morgan fingerprint density at radius 2 is 1.53 bits per heavy atom. The van der Waals surface area contributed by atoms with Crippen LogP contribution in [0, 0.1) is 19.7 Å². The van der Waals surface area contributed by atoms with Crippen LogP contribution in [0.25, 0.3) is 31.8 Å². The summed E-state index contributed by atoms with van der Waals surface area (Å²) in [6.07, 6.45) is 0.397. The molecule has 0 radical (unpaired) electrons. The third kappa shape index (κ3) is 13.0. The van der Waals surface area contributed by atoms with Gasteiger partial charge in [-0.1, -0.05) is 102 Å². The number of thiophene rings is 1. The predicted molar refractivity (Wildman–Crippen MR) is 271 cm³/mol. The van der Waals surface area contributed by atoms with E-state index in [1.54, 1.807) is 89.2 Å². The number of aromatic nitrogens is 2. The minimum absolute atomic E-state index is 0.00652. The van der Waals surface area contributed by atoms with Crippen molar-refractivity contribution in [1.29, 1.82) is 0 Å². The lowest BCUT2D eigenvalue weighted by atomic mass is 9.92. The Morgan fingerprint density at radius 3 is 2.17 bits per heavy atom. The van der Waals surface area contributed by atoms with Gasteiger partial charge in [-0.05, 0) is 98.3 Å². The van der Waals surface area contributed by atoms with E-state index < -0.39 is 46.3 Å². The maximum atomic E-state index is 14.5. The van der Waals surface area contributed by atoms with E-state index >= 15 is 0 Å². The zero-order valence-corrected chi connectivity index (χ0v) is 42.2. The van der Waals surface area contributed by atoms with Gasteiger partial charge in [0.25, 0.3) is 10.1 Å². The Morgan fingerprint density at radius 1 is 0.871 bits per heavy atom. The molecule has 0 aliphatic heterocycles. The first-order valence-corrected chi connectivity index (χ1v) is 25.2. The quantitative estimate of drug-likeness (QED) is 0.0315. The average molecular weight is 1030 g/mol. The molecule has 2 atom stereocenters. The molecule has 0 saturated carbocycles. The zero-order chi connectivity index (χ0) is 50.2. The normalized spacial score (nSPS) is 12.6. The standard InChI is InChI=1S/C53H51Cl2FN2O10S2/c1-7-24-63-28-40(29-65-70(61,62)30-35-16-12-9-13-17-35)66-48-46(54)32(2)43(33(3)47(48)55)44-45-50(57-31-58-51(45)69-49(44)36-18-20-38(56)21-19-36)67-42(52(60)68-53(4,5)6)26-37-25-39(59)22-23-41(37)64-27-34-14-10-8-11-15-34/h7-23,25,31,40,42,59H,1,24,26-30H2,2-6H3/t40-,42-/m1/s1. The number of benzene rings is 5. The van der Waals surface area contributed by atoms with E-state index in [2.05, 4.69) is 16.5 Å². The Kier molecular flexibility index (Phi) is 16.8. The zero-order valence-electron chi connectivity index (χ0n) is 39.0. The molecule has 366 valence electrons. The van der Waals surface area contributed by atoms with Gasteiger partial charge in [0.1, 0.15) is 59.1 Å². The maximum Gasteiger partial charge on any atom is 0.348 e. The molecule has 12 nitrogen and oxygen atoms in total. The van der Waals surface area contributed by atoms with E-state index in [9.17, 15) is 22.7 Å². The molecule has 0 spiro atoms. The van der Waals surface area contributed by atoms with Gasteiger partial charge in [-0.15, -0.1) is 17.9 Å². The maximum absolute atomic E-state index is 14.5.